The van der Waals surface area contributed by atoms with Crippen LogP contribution in [0.1, 0.15) is 64.7 Å². The van der Waals surface area contributed by atoms with Crippen molar-refractivity contribution < 1.29 is 28.2 Å². The molecule has 1 atom stereocenters. The zero-order valence-corrected chi connectivity index (χ0v) is 16.5. The largest absolute Gasteiger partial charge is 0.481 e. The maximum absolute atomic E-state index is 11.8. The number of carboxylic acid groups (broad SMARTS) is 1. The van der Waals surface area contributed by atoms with Crippen LogP contribution in [-0.2, 0) is 19.6 Å². The maximum Gasteiger partial charge on any atom is 0.303 e. The van der Waals surface area contributed by atoms with E-state index in [1.165, 1.54) is 10.6 Å². The number of aliphatic hydroxyl groups is 1. The number of ether oxygens (including phenoxy) is 1. The molecule has 0 aromatic rings. The van der Waals surface area contributed by atoms with Crippen LogP contribution in [0, 0.1) is 0 Å². The Labute approximate surface area is 152 Å². The van der Waals surface area contributed by atoms with E-state index in [4.69, 9.17) is 9.84 Å². The number of rotatable bonds is 17. The monoisotopic (exact) mass is 381 g/mol. The van der Waals surface area contributed by atoms with E-state index in [9.17, 15) is 18.3 Å². The molecular weight excluding hydrogens is 346 g/mol. The summed E-state index contributed by atoms with van der Waals surface area (Å²) in [6, 6.07) is 0. The number of carboxylic acids is 1. The van der Waals surface area contributed by atoms with E-state index >= 15 is 0 Å². The number of nitrogens with zero attached hydrogens (tertiary/aromatic N) is 1. The molecule has 1 unspecified atom stereocenters. The first kappa shape index (κ1) is 24.3. The normalized spacial score (nSPS) is 13.3. The van der Waals surface area contributed by atoms with Crippen LogP contribution < -0.4 is 0 Å². The highest BCUT2D eigenvalue weighted by Gasteiger charge is 2.16. The van der Waals surface area contributed by atoms with Gasteiger partial charge in [0, 0.05) is 26.1 Å². The Morgan fingerprint density at radius 1 is 1.08 bits per heavy atom. The molecular formula is C17H35NO6S. The van der Waals surface area contributed by atoms with E-state index in [1.807, 2.05) is 0 Å². The highest BCUT2D eigenvalue weighted by atomic mass is 32.2. The third-order valence-electron chi connectivity index (χ3n) is 3.91. The standard InChI is InChI=1S/C17H35NO6S/c1-3-4-14-24-15-16(19)10-9-13-18(25(2,22)23)12-8-6-5-7-11-17(20)21/h16,19H,3-15H2,1-2H3,(H,20,21). The van der Waals surface area contributed by atoms with Crippen molar-refractivity contribution in [2.75, 3.05) is 32.6 Å². The van der Waals surface area contributed by atoms with Gasteiger partial charge in [-0.1, -0.05) is 26.2 Å². The van der Waals surface area contributed by atoms with E-state index in [1.54, 1.807) is 0 Å². The summed E-state index contributed by atoms with van der Waals surface area (Å²) in [7, 11) is -3.27. The number of hydrogen-bond acceptors (Lipinski definition) is 5. The predicted octanol–water partition coefficient (Wildman–Crippen LogP) is 2.24. The second kappa shape index (κ2) is 14.5. The van der Waals surface area contributed by atoms with Crippen molar-refractivity contribution in [2.45, 2.75) is 70.8 Å². The molecule has 2 N–H and O–H groups in total. The number of aliphatic carboxylic acids is 1. The Morgan fingerprint density at radius 2 is 1.72 bits per heavy atom. The van der Waals surface area contributed by atoms with Crippen LogP contribution in [0.4, 0.5) is 0 Å². The van der Waals surface area contributed by atoms with Crippen LogP contribution in [0.25, 0.3) is 0 Å². The van der Waals surface area contributed by atoms with Crippen molar-refractivity contribution in [2.24, 2.45) is 0 Å². The van der Waals surface area contributed by atoms with Gasteiger partial charge in [-0.25, -0.2) is 12.7 Å². The lowest BCUT2D eigenvalue weighted by atomic mass is 10.1. The Hall–Kier alpha value is -0.700. The van der Waals surface area contributed by atoms with Gasteiger partial charge in [-0.3, -0.25) is 4.79 Å². The van der Waals surface area contributed by atoms with E-state index in [0.717, 1.165) is 32.1 Å². The van der Waals surface area contributed by atoms with E-state index in [-0.39, 0.29) is 6.42 Å². The SMILES string of the molecule is CCCCOCC(O)CCCN(CCCCCCC(=O)O)S(C)(=O)=O. The summed E-state index contributed by atoms with van der Waals surface area (Å²) in [4.78, 5) is 10.4. The van der Waals surface area contributed by atoms with Crippen molar-refractivity contribution in [3.05, 3.63) is 0 Å². The number of hydrogen-bond donors (Lipinski definition) is 2. The van der Waals surface area contributed by atoms with Crippen molar-refractivity contribution in [3.8, 4) is 0 Å². The topological polar surface area (TPSA) is 104 Å². The fourth-order valence-electron chi connectivity index (χ4n) is 2.41. The van der Waals surface area contributed by atoms with Crippen LogP contribution in [-0.4, -0.2) is 67.6 Å². The first-order valence-electron chi connectivity index (χ1n) is 9.20. The number of carbonyl (C=O) groups is 1. The summed E-state index contributed by atoms with van der Waals surface area (Å²) in [5.74, 6) is -0.796. The fourth-order valence-corrected chi connectivity index (χ4v) is 3.34. The quantitative estimate of drug-likeness (QED) is 0.375. The molecule has 0 rings (SSSR count). The van der Waals surface area contributed by atoms with Gasteiger partial charge in [0.2, 0.25) is 10.0 Å². The summed E-state index contributed by atoms with van der Waals surface area (Å²) < 4.78 is 30.4. The van der Waals surface area contributed by atoms with Gasteiger partial charge in [-0.15, -0.1) is 0 Å². The zero-order chi connectivity index (χ0) is 19.1. The smallest absolute Gasteiger partial charge is 0.303 e. The molecule has 25 heavy (non-hydrogen) atoms. The maximum atomic E-state index is 11.8. The van der Waals surface area contributed by atoms with Crippen molar-refractivity contribution in [3.63, 3.8) is 0 Å². The molecule has 0 radical (unpaired) electrons. The first-order chi connectivity index (χ1) is 11.8. The van der Waals surface area contributed by atoms with E-state index < -0.39 is 22.1 Å². The molecule has 0 aliphatic rings. The number of unbranched alkanes of at least 4 members (excludes halogenated alkanes) is 4. The molecule has 0 aromatic heterocycles. The summed E-state index contributed by atoms with van der Waals surface area (Å²) in [5, 5.41) is 18.4. The lowest BCUT2D eigenvalue weighted by Crippen LogP contribution is -2.32. The molecule has 150 valence electrons. The summed E-state index contributed by atoms with van der Waals surface area (Å²) in [5.41, 5.74) is 0. The van der Waals surface area contributed by atoms with Gasteiger partial charge in [-0.2, -0.15) is 0 Å². The molecule has 0 fully saturated rings. The van der Waals surface area contributed by atoms with Gasteiger partial charge in [0.25, 0.3) is 0 Å². The minimum absolute atomic E-state index is 0.161. The Kier molecular flexibility index (Phi) is 14.1. The second-order valence-electron chi connectivity index (χ2n) is 6.44. The molecule has 0 aliphatic carbocycles. The highest BCUT2D eigenvalue weighted by molar-refractivity contribution is 7.88. The Bertz CT molecular complexity index is 440. The average Bonchev–Trinajstić information content (AvgIpc) is 2.51. The highest BCUT2D eigenvalue weighted by Crippen LogP contribution is 2.09. The minimum Gasteiger partial charge on any atom is -0.481 e. The van der Waals surface area contributed by atoms with Gasteiger partial charge in [-0.05, 0) is 32.1 Å². The number of sulfonamides is 1. The lowest BCUT2D eigenvalue weighted by molar-refractivity contribution is -0.137. The molecule has 7 nitrogen and oxygen atoms in total. The molecule has 8 heteroatoms. The zero-order valence-electron chi connectivity index (χ0n) is 15.7. The lowest BCUT2D eigenvalue weighted by Gasteiger charge is -2.20. The molecule has 0 amide bonds. The van der Waals surface area contributed by atoms with Crippen LogP contribution in [0.2, 0.25) is 0 Å². The third-order valence-corrected chi connectivity index (χ3v) is 5.22. The molecule has 0 aliphatic heterocycles. The van der Waals surface area contributed by atoms with E-state index in [2.05, 4.69) is 6.92 Å². The summed E-state index contributed by atoms with van der Waals surface area (Å²) in [6.07, 6.45) is 6.86. The van der Waals surface area contributed by atoms with Crippen molar-refractivity contribution in [1.82, 2.24) is 4.31 Å². The molecule has 0 saturated carbocycles. The van der Waals surface area contributed by atoms with Crippen LogP contribution in [0.3, 0.4) is 0 Å². The Morgan fingerprint density at radius 3 is 2.32 bits per heavy atom. The number of aliphatic hydroxyl groups excluding tert-OH is 1. The average molecular weight is 382 g/mol. The third kappa shape index (κ3) is 15.3. The molecule has 0 heterocycles. The predicted molar refractivity (Wildman–Crippen MR) is 98.1 cm³/mol. The first-order valence-corrected chi connectivity index (χ1v) is 11.0. The second-order valence-corrected chi connectivity index (χ2v) is 8.43. The van der Waals surface area contributed by atoms with Gasteiger partial charge in [0.1, 0.15) is 0 Å². The van der Waals surface area contributed by atoms with Gasteiger partial charge in [0.05, 0.1) is 19.0 Å². The minimum atomic E-state index is -3.27. The summed E-state index contributed by atoms with van der Waals surface area (Å²) >= 11 is 0. The van der Waals surface area contributed by atoms with E-state index in [0.29, 0.717) is 45.6 Å². The fraction of sp³-hybridized carbons (Fsp3) is 0.941. The summed E-state index contributed by atoms with van der Waals surface area (Å²) in [6.45, 7) is 3.84. The van der Waals surface area contributed by atoms with Crippen molar-refractivity contribution >= 4 is 16.0 Å². The van der Waals surface area contributed by atoms with Gasteiger partial charge < -0.3 is 14.9 Å². The molecule has 0 bridgehead atoms. The van der Waals surface area contributed by atoms with Gasteiger partial charge >= 0.3 is 5.97 Å². The van der Waals surface area contributed by atoms with Crippen LogP contribution >= 0.6 is 0 Å². The van der Waals surface area contributed by atoms with Crippen molar-refractivity contribution in [1.29, 1.82) is 0 Å². The molecule has 0 spiro atoms. The molecule has 0 saturated heterocycles. The van der Waals surface area contributed by atoms with Gasteiger partial charge in [0.15, 0.2) is 0 Å². The van der Waals surface area contributed by atoms with Crippen LogP contribution in [0.5, 0.6) is 0 Å². The Balaban J connectivity index is 3.94. The molecule has 0 aromatic carbocycles. The van der Waals surface area contributed by atoms with Crippen LogP contribution in [0.15, 0.2) is 0 Å².